The van der Waals surface area contributed by atoms with Crippen molar-refractivity contribution < 1.29 is 19.1 Å². The highest BCUT2D eigenvalue weighted by Crippen LogP contribution is 2.30. The van der Waals surface area contributed by atoms with E-state index in [0.717, 1.165) is 0 Å². The lowest BCUT2D eigenvalue weighted by Crippen LogP contribution is -2.47. The number of para-hydroxylation sites is 1. The predicted octanol–water partition coefficient (Wildman–Crippen LogP) is 2.47. The van der Waals surface area contributed by atoms with Crippen LogP contribution in [-0.2, 0) is 9.59 Å². The van der Waals surface area contributed by atoms with Gasteiger partial charge in [0, 0.05) is 18.2 Å². The number of rotatable bonds is 5. The van der Waals surface area contributed by atoms with Crippen molar-refractivity contribution in [3.05, 3.63) is 60.3 Å². The molecule has 2 aromatic carbocycles. The normalized spacial score (nSPS) is 13.5. The van der Waals surface area contributed by atoms with E-state index in [0.29, 0.717) is 28.6 Å². The highest BCUT2D eigenvalue weighted by molar-refractivity contribution is 6.06. The monoisotopic (exact) mass is 353 g/mol. The molecular formula is C19H19N3O4. The molecule has 7 heteroatoms. The molecule has 0 unspecified atom stereocenters. The summed E-state index contributed by atoms with van der Waals surface area (Å²) in [5.74, 6) is 0.586. The Morgan fingerprint density at radius 1 is 1.08 bits per heavy atom. The van der Waals surface area contributed by atoms with E-state index in [1.54, 1.807) is 43.5 Å². The molecule has 0 saturated carbocycles. The van der Waals surface area contributed by atoms with Crippen LogP contribution in [0.5, 0.6) is 11.5 Å². The Bertz CT molecular complexity index is 849. The molecule has 2 N–H and O–H groups in total. The van der Waals surface area contributed by atoms with Crippen LogP contribution in [0.2, 0.25) is 0 Å². The van der Waals surface area contributed by atoms with Crippen molar-refractivity contribution in [2.45, 2.75) is 6.42 Å². The smallest absolute Gasteiger partial charge is 0.273 e. The number of ether oxygens (including phenoxy) is 2. The van der Waals surface area contributed by atoms with Gasteiger partial charge in [-0.25, -0.2) is 5.01 Å². The molecular weight excluding hydrogens is 334 g/mol. The zero-order chi connectivity index (χ0) is 18.5. The fourth-order valence-corrected chi connectivity index (χ4v) is 2.55. The van der Waals surface area contributed by atoms with E-state index in [1.165, 1.54) is 12.1 Å². The van der Waals surface area contributed by atoms with Gasteiger partial charge in [0.15, 0.2) is 11.5 Å². The van der Waals surface area contributed by atoms with Crippen LogP contribution < -0.4 is 25.2 Å². The van der Waals surface area contributed by atoms with Gasteiger partial charge >= 0.3 is 0 Å². The van der Waals surface area contributed by atoms with Gasteiger partial charge < -0.3 is 14.8 Å². The third kappa shape index (κ3) is 3.61. The molecule has 3 rings (SSSR count). The summed E-state index contributed by atoms with van der Waals surface area (Å²) in [5.41, 5.74) is 4.38. The van der Waals surface area contributed by atoms with Crippen molar-refractivity contribution in [3.63, 3.8) is 0 Å². The minimum absolute atomic E-state index is 0.135. The summed E-state index contributed by atoms with van der Waals surface area (Å²) in [5, 5.41) is 4.15. The Kier molecular flexibility index (Phi) is 5.07. The van der Waals surface area contributed by atoms with Crippen LogP contribution in [0, 0.1) is 0 Å². The van der Waals surface area contributed by atoms with E-state index in [9.17, 15) is 9.59 Å². The molecule has 0 aromatic heterocycles. The summed E-state index contributed by atoms with van der Waals surface area (Å²) in [4.78, 5) is 24.7. The molecule has 0 bridgehead atoms. The first-order valence-corrected chi connectivity index (χ1v) is 8.00. The molecule has 1 heterocycles. The number of hydrogen-bond acceptors (Lipinski definition) is 5. The summed E-state index contributed by atoms with van der Waals surface area (Å²) in [6, 6.07) is 14.2. The summed E-state index contributed by atoms with van der Waals surface area (Å²) < 4.78 is 10.4. The largest absolute Gasteiger partial charge is 0.493 e. The number of hydrogen-bond donors (Lipinski definition) is 2. The molecule has 26 heavy (non-hydrogen) atoms. The summed E-state index contributed by atoms with van der Waals surface area (Å²) >= 11 is 0. The maximum absolute atomic E-state index is 12.6. The molecule has 0 radical (unpaired) electrons. The van der Waals surface area contributed by atoms with Crippen LogP contribution in [0.25, 0.3) is 0 Å². The van der Waals surface area contributed by atoms with Gasteiger partial charge in [-0.15, -0.1) is 0 Å². The van der Waals surface area contributed by atoms with Gasteiger partial charge in [-0.2, -0.15) is 0 Å². The van der Waals surface area contributed by atoms with Gasteiger partial charge in [0.25, 0.3) is 5.91 Å². The first-order chi connectivity index (χ1) is 12.6. The van der Waals surface area contributed by atoms with Crippen molar-refractivity contribution in [3.8, 4) is 11.5 Å². The van der Waals surface area contributed by atoms with Gasteiger partial charge in [0.2, 0.25) is 5.91 Å². The van der Waals surface area contributed by atoms with Gasteiger partial charge in [-0.3, -0.25) is 15.0 Å². The van der Waals surface area contributed by atoms with Crippen molar-refractivity contribution in [1.82, 2.24) is 5.43 Å². The highest BCUT2D eigenvalue weighted by atomic mass is 16.5. The molecule has 7 nitrogen and oxygen atoms in total. The second-order valence-corrected chi connectivity index (χ2v) is 5.52. The number of hydrazine groups is 1. The second-order valence-electron chi connectivity index (χ2n) is 5.52. The SMILES string of the molecule is COc1ccc(NC(=O)C2=CCC(=O)N(c3ccccc3)N2)cc1OC. The molecule has 2 amide bonds. The Balaban J connectivity index is 1.75. The van der Waals surface area contributed by atoms with E-state index in [1.807, 2.05) is 18.2 Å². The average Bonchev–Trinajstić information content (AvgIpc) is 2.68. The minimum Gasteiger partial charge on any atom is -0.493 e. The van der Waals surface area contributed by atoms with Gasteiger partial charge in [0.05, 0.1) is 19.9 Å². The van der Waals surface area contributed by atoms with Crippen molar-refractivity contribution in [1.29, 1.82) is 0 Å². The lowest BCUT2D eigenvalue weighted by Gasteiger charge is -2.28. The Morgan fingerprint density at radius 3 is 2.50 bits per heavy atom. The number of anilines is 2. The molecule has 0 saturated heterocycles. The molecule has 0 fully saturated rings. The maximum atomic E-state index is 12.6. The lowest BCUT2D eigenvalue weighted by molar-refractivity contribution is -0.119. The number of amides is 2. The third-order valence-corrected chi connectivity index (χ3v) is 3.86. The number of benzene rings is 2. The van der Waals surface area contributed by atoms with Crippen LogP contribution in [0.4, 0.5) is 11.4 Å². The minimum atomic E-state index is -0.356. The Labute approximate surface area is 151 Å². The van der Waals surface area contributed by atoms with Crippen LogP contribution in [0.15, 0.2) is 60.3 Å². The van der Waals surface area contributed by atoms with E-state index in [-0.39, 0.29) is 18.2 Å². The van der Waals surface area contributed by atoms with E-state index < -0.39 is 0 Å². The first-order valence-electron chi connectivity index (χ1n) is 8.00. The zero-order valence-electron chi connectivity index (χ0n) is 14.5. The molecule has 134 valence electrons. The van der Waals surface area contributed by atoms with E-state index in [2.05, 4.69) is 10.7 Å². The number of nitrogens with zero attached hydrogens (tertiary/aromatic N) is 1. The highest BCUT2D eigenvalue weighted by Gasteiger charge is 2.24. The number of methoxy groups -OCH3 is 2. The predicted molar refractivity (Wildman–Crippen MR) is 97.9 cm³/mol. The summed E-state index contributed by atoms with van der Waals surface area (Å²) in [7, 11) is 3.07. The van der Waals surface area contributed by atoms with Gasteiger partial charge in [-0.1, -0.05) is 18.2 Å². The zero-order valence-corrected chi connectivity index (χ0v) is 14.5. The van der Waals surface area contributed by atoms with Crippen molar-refractivity contribution >= 4 is 23.2 Å². The molecule has 0 atom stereocenters. The van der Waals surface area contributed by atoms with Crippen molar-refractivity contribution in [2.75, 3.05) is 24.5 Å². The van der Waals surface area contributed by atoms with E-state index in [4.69, 9.17) is 9.47 Å². The maximum Gasteiger partial charge on any atom is 0.273 e. The molecule has 0 aliphatic carbocycles. The van der Waals surface area contributed by atoms with Gasteiger partial charge in [0.1, 0.15) is 5.70 Å². The van der Waals surface area contributed by atoms with Crippen LogP contribution in [0.1, 0.15) is 6.42 Å². The number of carbonyl (C=O) groups excluding carboxylic acids is 2. The van der Waals surface area contributed by atoms with E-state index >= 15 is 0 Å². The lowest BCUT2D eigenvalue weighted by atomic mass is 10.2. The third-order valence-electron chi connectivity index (χ3n) is 3.86. The fourth-order valence-electron chi connectivity index (χ4n) is 2.55. The average molecular weight is 353 g/mol. The number of nitrogens with one attached hydrogen (secondary N) is 2. The molecule has 1 aliphatic rings. The van der Waals surface area contributed by atoms with Crippen molar-refractivity contribution in [2.24, 2.45) is 0 Å². The molecule has 0 spiro atoms. The van der Waals surface area contributed by atoms with Gasteiger partial charge in [-0.05, 0) is 30.3 Å². The van der Waals surface area contributed by atoms with Crippen LogP contribution >= 0.6 is 0 Å². The summed E-state index contributed by atoms with van der Waals surface area (Å²) in [6.45, 7) is 0. The summed E-state index contributed by atoms with van der Waals surface area (Å²) in [6.07, 6.45) is 1.70. The molecule has 2 aromatic rings. The van der Waals surface area contributed by atoms with Crippen LogP contribution in [-0.4, -0.2) is 26.0 Å². The number of carbonyl (C=O) groups is 2. The quantitative estimate of drug-likeness (QED) is 0.863. The molecule has 1 aliphatic heterocycles. The fraction of sp³-hybridized carbons (Fsp3) is 0.158. The topological polar surface area (TPSA) is 79.9 Å². The second kappa shape index (κ2) is 7.60. The van der Waals surface area contributed by atoms with Crippen LogP contribution in [0.3, 0.4) is 0 Å². The standard InChI is InChI=1S/C19H19N3O4/c1-25-16-10-8-13(12-17(16)26-2)20-19(24)15-9-11-18(23)22(21-15)14-6-4-3-5-7-14/h3-10,12,21H,11H2,1-2H3,(H,20,24). The Morgan fingerprint density at radius 2 is 1.81 bits per heavy atom. The Hall–Kier alpha value is -3.48. The first kappa shape index (κ1) is 17.3.